The normalized spacial score (nSPS) is 15.5. The van der Waals surface area contributed by atoms with Gasteiger partial charge >= 0.3 is 0 Å². The number of rotatable bonds is 7. The van der Waals surface area contributed by atoms with Crippen LogP contribution >= 0.6 is 12.4 Å². The molecule has 30 heavy (non-hydrogen) atoms. The Morgan fingerprint density at radius 1 is 1.10 bits per heavy atom. The molecule has 2 amide bonds. The Morgan fingerprint density at radius 2 is 1.73 bits per heavy atom. The van der Waals surface area contributed by atoms with Crippen molar-refractivity contribution in [2.45, 2.75) is 19.2 Å². The highest BCUT2D eigenvalue weighted by molar-refractivity contribution is 5.94. The number of nitrogens with two attached hydrogens (primary N) is 1. The second-order valence-electron chi connectivity index (χ2n) is 6.77. The third-order valence-electron chi connectivity index (χ3n) is 4.65. The minimum absolute atomic E-state index is 0. The largest absolute Gasteiger partial charge is 0.484 e. The fourth-order valence-electron chi connectivity index (χ4n) is 2.88. The number of Topliss-reactive ketones (excluding diaryl/α,β-unsaturated/α-hetero) is 1. The molecule has 1 atom stereocenters. The van der Waals surface area contributed by atoms with Crippen molar-refractivity contribution < 1.29 is 24.2 Å². The molecule has 1 aliphatic heterocycles. The molecule has 2 aromatic rings. The fraction of sp³-hybridized carbons (Fsp3) is 0.286. The Kier molecular flexibility index (Phi) is 8.35. The van der Waals surface area contributed by atoms with Crippen molar-refractivity contribution in [2.75, 3.05) is 19.7 Å². The zero-order valence-corrected chi connectivity index (χ0v) is 17.1. The maximum Gasteiger partial charge on any atom is 0.261 e. The van der Waals surface area contributed by atoms with Crippen molar-refractivity contribution in [3.63, 3.8) is 0 Å². The topological polar surface area (TPSA) is 122 Å². The maximum atomic E-state index is 12.2. The summed E-state index contributed by atoms with van der Waals surface area (Å²) in [6.07, 6.45) is -1.10. The van der Waals surface area contributed by atoms with Crippen LogP contribution in [0, 0.1) is 0 Å². The second-order valence-corrected chi connectivity index (χ2v) is 6.77. The monoisotopic (exact) mass is 433 g/mol. The molecule has 1 unspecified atom stereocenters. The molecule has 4 N–H and O–H groups in total. The molecule has 8 nitrogen and oxygen atoms in total. The fourth-order valence-corrected chi connectivity index (χ4v) is 2.88. The van der Waals surface area contributed by atoms with Gasteiger partial charge in [-0.3, -0.25) is 14.4 Å². The summed E-state index contributed by atoms with van der Waals surface area (Å²) >= 11 is 0. The van der Waals surface area contributed by atoms with Crippen molar-refractivity contribution in [3.8, 4) is 5.75 Å². The zero-order valence-electron chi connectivity index (χ0n) is 16.2. The summed E-state index contributed by atoms with van der Waals surface area (Å²) in [5, 5.41) is 12.2. The van der Waals surface area contributed by atoms with Gasteiger partial charge in [-0.05, 0) is 35.4 Å². The Hall–Kier alpha value is -2.94. The summed E-state index contributed by atoms with van der Waals surface area (Å²) in [4.78, 5) is 36.8. The van der Waals surface area contributed by atoms with E-state index in [1.807, 2.05) is 12.1 Å². The van der Waals surface area contributed by atoms with E-state index in [4.69, 9.17) is 10.5 Å². The van der Waals surface area contributed by atoms with Gasteiger partial charge in [-0.2, -0.15) is 0 Å². The highest BCUT2D eigenvalue weighted by atomic mass is 35.5. The van der Waals surface area contributed by atoms with E-state index in [0.717, 1.165) is 11.1 Å². The van der Waals surface area contributed by atoms with Gasteiger partial charge in [-0.25, -0.2) is 0 Å². The summed E-state index contributed by atoms with van der Waals surface area (Å²) in [7, 11) is 0. The number of benzene rings is 2. The predicted octanol–water partition coefficient (Wildman–Crippen LogP) is 0.648. The smallest absolute Gasteiger partial charge is 0.261 e. The molecule has 9 heteroatoms. The molecule has 0 saturated carbocycles. The van der Waals surface area contributed by atoms with Gasteiger partial charge in [0.1, 0.15) is 11.9 Å². The van der Waals surface area contributed by atoms with E-state index >= 15 is 0 Å². The van der Waals surface area contributed by atoms with Crippen LogP contribution < -0.4 is 15.8 Å². The molecule has 0 radical (unpaired) electrons. The number of hydrogen-bond donors (Lipinski definition) is 3. The molecule has 1 saturated heterocycles. The Morgan fingerprint density at radius 3 is 2.30 bits per heavy atom. The van der Waals surface area contributed by atoms with E-state index in [0.29, 0.717) is 24.4 Å². The van der Waals surface area contributed by atoms with Crippen molar-refractivity contribution >= 4 is 30.0 Å². The van der Waals surface area contributed by atoms with Crippen LogP contribution in [0.15, 0.2) is 48.5 Å². The number of aliphatic hydroxyl groups is 1. The number of ketones is 1. The molecule has 1 fully saturated rings. The quantitative estimate of drug-likeness (QED) is 0.589. The highest BCUT2D eigenvalue weighted by Gasteiger charge is 2.31. The molecule has 1 heterocycles. The van der Waals surface area contributed by atoms with Crippen molar-refractivity contribution in [1.82, 2.24) is 10.2 Å². The first kappa shape index (κ1) is 23.3. The third-order valence-corrected chi connectivity index (χ3v) is 4.65. The molecule has 0 aliphatic carbocycles. The number of carbonyl (C=O) groups excluding carboxylic acids is 3. The van der Waals surface area contributed by atoms with Crippen molar-refractivity contribution in [3.05, 3.63) is 65.2 Å². The first-order valence-corrected chi connectivity index (χ1v) is 9.24. The molecule has 0 bridgehead atoms. The summed E-state index contributed by atoms with van der Waals surface area (Å²) < 4.78 is 5.44. The molecule has 0 spiro atoms. The second kappa shape index (κ2) is 10.7. The van der Waals surface area contributed by atoms with Crippen LogP contribution in [-0.4, -0.2) is 53.4 Å². The standard InChI is InChI=1S/C21H23N3O5.ClH/c22-9-14-1-5-16(6-2-14)21(28)23-10-15-3-7-17(8-4-15)29-13-20(27)24-11-18(25)19(26)12-24;/h1-8,18,25H,9-13,22H2,(H,23,28);1H. The minimum Gasteiger partial charge on any atom is -0.484 e. The summed E-state index contributed by atoms with van der Waals surface area (Å²) in [6, 6.07) is 14.1. The Bertz CT molecular complexity index is 887. The number of hydrogen-bond acceptors (Lipinski definition) is 6. The van der Waals surface area contributed by atoms with Crippen molar-refractivity contribution in [2.24, 2.45) is 5.73 Å². The van der Waals surface area contributed by atoms with Crippen LogP contribution in [-0.2, 0) is 22.7 Å². The van der Waals surface area contributed by atoms with Crippen LogP contribution in [0.4, 0.5) is 0 Å². The average Bonchev–Trinajstić information content (AvgIpc) is 3.09. The van der Waals surface area contributed by atoms with E-state index < -0.39 is 6.10 Å². The van der Waals surface area contributed by atoms with Gasteiger partial charge in [0.2, 0.25) is 0 Å². The van der Waals surface area contributed by atoms with E-state index in [-0.39, 0.29) is 49.7 Å². The lowest BCUT2D eigenvalue weighted by Gasteiger charge is -2.15. The summed E-state index contributed by atoms with van der Waals surface area (Å²) in [6.45, 7) is 0.491. The number of likely N-dealkylation sites (tertiary alicyclic amines) is 1. The number of halogens is 1. The molecule has 2 aromatic carbocycles. The number of β-amino-alcohol motifs (C(OH)–C–C–N with tert-alkyl or cyclic N) is 1. The SMILES string of the molecule is Cl.NCc1ccc(C(=O)NCc2ccc(OCC(=O)N3CC(=O)C(O)C3)cc2)cc1. The van der Waals surface area contributed by atoms with Gasteiger partial charge in [-0.1, -0.05) is 24.3 Å². The number of nitrogens with zero attached hydrogens (tertiary/aromatic N) is 1. The van der Waals surface area contributed by atoms with Crippen LogP contribution in [0.25, 0.3) is 0 Å². The molecular weight excluding hydrogens is 410 g/mol. The van der Waals surface area contributed by atoms with Crippen molar-refractivity contribution in [1.29, 1.82) is 0 Å². The number of aliphatic hydroxyl groups excluding tert-OH is 1. The van der Waals surface area contributed by atoms with Crippen LogP contribution in [0.5, 0.6) is 5.75 Å². The minimum atomic E-state index is -1.10. The van der Waals surface area contributed by atoms with Crippen LogP contribution in [0.1, 0.15) is 21.5 Å². The molecule has 3 rings (SSSR count). The predicted molar refractivity (Wildman–Crippen MR) is 112 cm³/mol. The number of carbonyl (C=O) groups is 3. The first-order valence-electron chi connectivity index (χ1n) is 9.24. The average molecular weight is 434 g/mol. The lowest BCUT2D eigenvalue weighted by molar-refractivity contribution is -0.133. The zero-order chi connectivity index (χ0) is 20.8. The van der Waals surface area contributed by atoms with E-state index in [1.54, 1.807) is 36.4 Å². The van der Waals surface area contributed by atoms with E-state index in [2.05, 4.69) is 5.32 Å². The van der Waals surface area contributed by atoms with Gasteiger partial charge in [0, 0.05) is 18.7 Å². The van der Waals surface area contributed by atoms with E-state index in [9.17, 15) is 19.5 Å². The molecule has 1 aliphatic rings. The van der Waals surface area contributed by atoms with Gasteiger partial charge in [0.25, 0.3) is 11.8 Å². The Balaban J connectivity index is 0.00000320. The van der Waals surface area contributed by atoms with Crippen LogP contribution in [0.2, 0.25) is 0 Å². The molecular formula is C21H24ClN3O5. The van der Waals surface area contributed by atoms with Gasteiger partial charge in [0.05, 0.1) is 13.1 Å². The van der Waals surface area contributed by atoms with Gasteiger partial charge in [-0.15, -0.1) is 12.4 Å². The lowest BCUT2D eigenvalue weighted by Crippen LogP contribution is -2.33. The lowest BCUT2D eigenvalue weighted by atomic mass is 10.1. The number of nitrogens with one attached hydrogen (secondary N) is 1. The Labute approximate surface area is 180 Å². The van der Waals surface area contributed by atoms with E-state index in [1.165, 1.54) is 4.90 Å². The third kappa shape index (κ3) is 6.03. The molecule has 0 aromatic heterocycles. The highest BCUT2D eigenvalue weighted by Crippen LogP contribution is 2.13. The summed E-state index contributed by atoms with van der Waals surface area (Å²) in [5.41, 5.74) is 7.95. The van der Waals surface area contributed by atoms with Gasteiger partial charge in [0.15, 0.2) is 12.4 Å². The maximum absolute atomic E-state index is 12.2. The molecule has 160 valence electrons. The van der Waals surface area contributed by atoms with Crippen LogP contribution in [0.3, 0.4) is 0 Å². The number of amides is 2. The van der Waals surface area contributed by atoms with Gasteiger partial charge < -0.3 is 25.8 Å². The summed E-state index contributed by atoms with van der Waals surface area (Å²) in [5.74, 6) is -0.398. The number of ether oxygens (including phenoxy) is 1. The first-order chi connectivity index (χ1) is 14.0.